The number of methoxy groups -OCH3 is 1. The van der Waals surface area contributed by atoms with E-state index in [-0.39, 0.29) is 10.9 Å². The Bertz CT molecular complexity index is 860. The topological polar surface area (TPSA) is 37.8 Å². The van der Waals surface area contributed by atoms with Crippen molar-refractivity contribution in [3.8, 4) is 0 Å². The Kier molecular flexibility index (Phi) is 7.39. The van der Waals surface area contributed by atoms with Crippen molar-refractivity contribution in [3.63, 3.8) is 0 Å². The van der Waals surface area contributed by atoms with Crippen LogP contribution < -0.4 is 9.80 Å². The molecule has 0 bridgehead atoms. The number of aromatic nitrogens is 1. The van der Waals surface area contributed by atoms with Crippen molar-refractivity contribution in [2.45, 2.75) is 52.1 Å². The van der Waals surface area contributed by atoms with Gasteiger partial charge in [-0.25, -0.2) is 4.39 Å². The van der Waals surface area contributed by atoms with E-state index in [4.69, 9.17) is 9.16 Å². The first kappa shape index (κ1) is 23.7. The minimum Gasteiger partial charge on any atom is -0.412 e. The van der Waals surface area contributed by atoms with Crippen LogP contribution in [0.1, 0.15) is 32.0 Å². The van der Waals surface area contributed by atoms with Gasteiger partial charge in [-0.05, 0) is 36.3 Å². The summed E-state index contributed by atoms with van der Waals surface area (Å²) in [4.78, 5) is 8.88. The molecule has 1 aliphatic rings. The van der Waals surface area contributed by atoms with Crippen LogP contribution in [0.3, 0.4) is 0 Å². The summed E-state index contributed by atoms with van der Waals surface area (Å²) in [5, 5.41) is 0.105. The number of nitrogens with zero attached hydrogens (tertiary/aromatic N) is 3. The zero-order chi connectivity index (χ0) is 22.6. The molecule has 1 aliphatic heterocycles. The number of hydrogen-bond acceptors (Lipinski definition) is 5. The lowest BCUT2D eigenvalue weighted by molar-refractivity contribution is 0.181. The van der Waals surface area contributed by atoms with Crippen molar-refractivity contribution in [2.75, 3.05) is 43.1 Å². The van der Waals surface area contributed by atoms with Crippen LogP contribution >= 0.6 is 0 Å². The molecule has 0 aliphatic carbocycles. The van der Waals surface area contributed by atoms with E-state index in [9.17, 15) is 0 Å². The number of piperazine rings is 1. The van der Waals surface area contributed by atoms with Crippen LogP contribution in [0.25, 0.3) is 0 Å². The van der Waals surface area contributed by atoms with Gasteiger partial charge in [0.2, 0.25) is 0 Å². The molecule has 1 saturated heterocycles. The van der Waals surface area contributed by atoms with E-state index in [1.54, 1.807) is 7.11 Å². The van der Waals surface area contributed by atoms with Crippen LogP contribution in [0.5, 0.6) is 0 Å². The van der Waals surface area contributed by atoms with Gasteiger partial charge in [-0.3, -0.25) is 4.98 Å². The summed E-state index contributed by atoms with van der Waals surface area (Å²) >= 11 is 0. The van der Waals surface area contributed by atoms with Crippen molar-refractivity contribution in [3.05, 3.63) is 53.6 Å². The summed E-state index contributed by atoms with van der Waals surface area (Å²) in [6.07, 6.45) is 1.89. The zero-order valence-corrected chi connectivity index (χ0v) is 20.7. The molecule has 0 radical (unpaired) electrons. The van der Waals surface area contributed by atoms with Gasteiger partial charge in [-0.15, -0.1) is 0 Å². The molecular weight excluding hydrogens is 409 g/mol. The van der Waals surface area contributed by atoms with Gasteiger partial charge in [0.05, 0.1) is 36.5 Å². The molecule has 1 aromatic heterocycles. The number of anilines is 2. The van der Waals surface area contributed by atoms with E-state index < -0.39 is 8.32 Å². The van der Waals surface area contributed by atoms with E-state index in [1.807, 2.05) is 30.5 Å². The summed E-state index contributed by atoms with van der Waals surface area (Å²) in [5.74, 6) is -0.153. The minimum atomic E-state index is -1.92. The monoisotopic (exact) mass is 445 g/mol. The predicted molar refractivity (Wildman–Crippen MR) is 128 cm³/mol. The molecule has 0 amide bonds. The van der Waals surface area contributed by atoms with Crippen LogP contribution in [-0.2, 0) is 22.4 Å². The third kappa shape index (κ3) is 5.64. The van der Waals surface area contributed by atoms with Gasteiger partial charge in [0, 0.05) is 38.9 Å². The lowest BCUT2D eigenvalue weighted by Gasteiger charge is -2.38. The van der Waals surface area contributed by atoms with Crippen LogP contribution in [-0.4, -0.2) is 46.6 Å². The van der Waals surface area contributed by atoms with Crippen LogP contribution in [0.15, 0.2) is 36.5 Å². The molecule has 3 rings (SSSR count). The maximum Gasteiger partial charge on any atom is 0.192 e. The quantitative estimate of drug-likeness (QED) is 0.547. The summed E-state index contributed by atoms with van der Waals surface area (Å²) in [6.45, 7) is 15.0. The Hall–Kier alpha value is -1.96. The lowest BCUT2D eigenvalue weighted by Crippen LogP contribution is -2.47. The predicted octanol–water partition coefficient (Wildman–Crippen LogP) is 5.22. The van der Waals surface area contributed by atoms with E-state index in [0.717, 1.165) is 37.6 Å². The molecule has 0 unspecified atom stereocenters. The Morgan fingerprint density at radius 2 is 1.68 bits per heavy atom. The molecule has 170 valence electrons. The molecule has 2 heterocycles. The normalized spacial score (nSPS) is 15.5. The van der Waals surface area contributed by atoms with Crippen molar-refractivity contribution >= 4 is 19.7 Å². The van der Waals surface area contributed by atoms with Gasteiger partial charge in [-0.1, -0.05) is 32.9 Å². The van der Waals surface area contributed by atoms with Crippen LogP contribution in [0.2, 0.25) is 18.1 Å². The molecule has 5 nitrogen and oxygen atoms in total. The molecule has 0 saturated carbocycles. The summed E-state index contributed by atoms with van der Waals surface area (Å²) in [6, 6.07) is 9.73. The average Bonchev–Trinajstić information content (AvgIpc) is 2.73. The van der Waals surface area contributed by atoms with Crippen LogP contribution in [0.4, 0.5) is 15.8 Å². The maximum atomic E-state index is 15.3. The maximum absolute atomic E-state index is 15.3. The van der Waals surface area contributed by atoms with Crippen molar-refractivity contribution < 1.29 is 13.6 Å². The smallest absolute Gasteiger partial charge is 0.192 e. The highest BCUT2D eigenvalue weighted by Crippen LogP contribution is 2.37. The lowest BCUT2D eigenvalue weighted by atomic mass is 10.1. The van der Waals surface area contributed by atoms with Crippen molar-refractivity contribution in [1.82, 2.24) is 4.98 Å². The molecule has 7 heteroatoms. The van der Waals surface area contributed by atoms with Gasteiger partial charge >= 0.3 is 0 Å². The summed E-state index contributed by atoms with van der Waals surface area (Å²) in [5.41, 5.74) is 3.33. The summed E-state index contributed by atoms with van der Waals surface area (Å²) in [7, 11) is -0.255. The highest BCUT2D eigenvalue weighted by atomic mass is 28.4. The number of pyridine rings is 1. The third-order valence-corrected chi connectivity index (χ3v) is 11.0. The second-order valence-electron chi connectivity index (χ2n) is 9.71. The van der Waals surface area contributed by atoms with Crippen molar-refractivity contribution in [1.29, 1.82) is 0 Å². The second kappa shape index (κ2) is 9.67. The van der Waals surface area contributed by atoms with Gasteiger partial charge in [0.25, 0.3) is 0 Å². The first-order chi connectivity index (χ1) is 14.6. The Balaban J connectivity index is 1.63. The second-order valence-corrected chi connectivity index (χ2v) is 14.5. The molecular formula is C24H36FN3O2Si. The van der Waals surface area contributed by atoms with E-state index in [1.165, 1.54) is 0 Å². The Morgan fingerprint density at radius 3 is 2.26 bits per heavy atom. The van der Waals surface area contributed by atoms with E-state index >= 15 is 4.39 Å². The molecule has 31 heavy (non-hydrogen) atoms. The molecule has 2 aromatic rings. The molecule has 1 fully saturated rings. The molecule has 0 atom stereocenters. The van der Waals surface area contributed by atoms with Gasteiger partial charge < -0.3 is 19.0 Å². The van der Waals surface area contributed by atoms with E-state index in [2.05, 4.69) is 54.7 Å². The Labute approximate surface area is 187 Å². The first-order valence-electron chi connectivity index (χ1n) is 11.0. The highest BCUT2D eigenvalue weighted by Gasteiger charge is 2.37. The van der Waals surface area contributed by atoms with Gasteiger partial charge in [-0.2, -0.15) is 0 Å². The number of ether oxygens (including phenoxy) is 1. The SMILES string of the molecule is COCc1ccc(N2CCN(c3cccc(CO[Si](C)(C)C(C)(C)C)c3F)CC2)cn1. The number of hydrogen-bond donors (Lipinski definition) is 0. The fourth-order valence-corrected chi connectivity index (χ4v) is 4.39. The highest BCUT2D eigenvalue weighted by molar-refractivity contribution is 6.74. The fourth-order valence-electron chi connectivity index (χ4n) is 3.44. The van der Waals surface area contributed by atoms with Crippen molar-refractivity contribution in [2.24, 2.45) is 0 Å². The molecule has 0 N–H and O–H groups in total. The molecule has 0 spiro atoms. The number of halogens is 1. The van der Waals surface area contributed by atoms with Gasteiger partial charge in [0.1, 0.15) is 0 Å². The minimum absolute atomic E-state index is 0.105. The summed E-state index contributed by atoms with van der Waals surface area (Å²) < 4.78 is 26.7. The molecule has 1 aromatic carbocycles. The average molecular weight is 446 g/mol. The third-order valence-electron chi connectivity index (χ3n) is 6.54. The zero-order valence-electron chi connectivity index (χ0n) is 19.7. The number of benzene rings is 1. The first-order valence-corrected chi connectivity index (χ1v) is 13.9. The number of rotatable bonds is 7. The Morgan fingerprint density at radius 1 is 1.00 bits per heavy atom. The van der Waals surface area contributed by atoms with Gasteiger partial charge in [0.15, 0.2) is 14.1 Å². The van der Waals surface area contributed by atoms with Crippen LogP contribution in [0, 0.1) is 5.82 Å². The largest absolute Gasteiger partial charge is 0.412 e. The van der Waals surface area contributed by atoms with E-state index in [0.29, 0.717) is 24.5 Å². The standard InChI is InChI=1S/C24H36FN3O2Si/c1-24(2,3)31(5,6)30-17-19-8-7-9-22(23(19)25)28-14-12-27(13-15-28)21-11-10-20(18-29-4)26-16-21/h7-11,16H,12-15,17-18H2,1-6H3. The fraction of sp³-hybridized carbons (Fsp3) is 0.542.